The Kier molecular flexibility index (Phi) is 3.31. The maximum absolute atomic E-state index is 9.55. The lowest BCUT2D eigenvalue weighted by molar-refractivity contribution is 0.150. The average molecular weight is 294 g/mol. The maximum atomic E-state index is 9.55. The number of nitrogens with zero attached hydrogens (tertiary/aromatic N) is 1. The molecule has 1 aromatic heterocycles. The molecule has 4 rings (SSSR count). The van der Waals surface area contributed by atoms with Gasteiger partial charge in [-0.1, -0.05) is 12.1 Å². The van der Waals surface area contributed by atoms with E-state index in [9.17, 15) is 5.11 Å². The zero-order valence-electron chi connectivity index (χ0n) is 12.2. The van der Waals surface area contributed by atoms with Gasteiger partial charge in [-0.05, 0) is 49.2 Å². The molecular weight excluding hydrogens is 276 g/mol. The van der Waals surface area contributed by atoms with E-state index in [2.05, 4.69) is 9.97 Å². The van der Waals surface area contributed by atoms with Crippen molar-refractivity contribution in [3.63, 3.8) is 0 Å². The van der Waals surface area contributed by atoms with E-state index in [-0.39, 0.29) is 12.2 Å². The van der Waals surface area contributed by atoms with Crippen molar-refractivity contribution in [2.24, 2.45) is 0 Å². The molecule has 1 fully saturated rings. The largest absolute Gasteiger partial charge is 0.490 e. The summed E-state index contributed by atoms with van der Waals surface area (Å²) in [4.78, 5) is 7.92. The smallest absolute Gasteiger partial charge is 0.138 e. The van der Waals surface area contributed by atoms with Gasteiger partial charge in [0.15, 0.2) is 0 Å². The van der Waals surface area contributed by atoms with Gasteiger partial charge < -0.3 is 14.8 Å². The summed E-state index contributed by atoms with van der Waals surface area (Å²) in [5.41, 5.74) is 3.05. The second kappa shape index (κ2) is 5.46. The minimum Gasteiger partial charge on any atom is -0.490 e. The third-order valence-corrected chi connectivity index (χ3v) is 4.18. The molecule has 1 heterocycles. The van der Waals surface area contributed by atoms with Crippen LogP contribution in [0.1, 0.15) is 19.3 Å². The third-order valence-electron chi connectivity index (χ3n) is 4.18. The van der Waals surface area contributed by atoms with Crippen molar-refractivity contribution in [2.45, 2.75) is 31.5 Å². The number of aliphatic hydroxyl groups is 1. The van der Waals surface area contributed by atoms with Crippen molar-refractivity contribution >= 4 is 11.0 Å². The molecule has 2 atom stereocenters. The second-order valence-electron chi connectivity index (χ2n) is 5.83. The predicted molar refractivity (Wildman–Crippen MR) is 85.8 cm³/mol. The third kappa shape index (κ3) is 2.57. The van der Waals surface area contributed by atoms with E-state index in [1.807, 2.05) is 48.5 Å². The van der Waals surface area contributed by atoms with E-state index < -0.39 is 0 Å². The molecule has 1 aliphatic rings. The van der Waals surface area contributed by atoms with Crippen LogP contribution >= 0.6 is 0 Å². The predicted octanol–water partition coefficient (Wildman–Crippen LogP) is 3.52. The number of nitrogens with one attached hydrogen (secondary N) is 1. The van der Waals surface area contributed by atoms with E-state index >= 15 is 0 Å². The Bertz CT molecular complexity index is 746. The maximum Gasteiger partial charge on any atom is 0.138 e. The lowest BCUT2D eigenvalue weighted by Gasteiger charge is -2.13. The molecule has 22 heavy (non-hydrogen) atoms. The van der Waals surface area contributed by atoms with Gasteiger partial charge in [-0.3, -0.25) is 0 Å². The number of hydrogen-bond acceptors (Lipinski definition) is 3. The molecule has 2 aromatic carbocycles. The van der Waals surface area contributed by atoms with Crippen molar-refractivity contribution in [3.05, 3.63) is 48.5 Å². The van der Waals surface area contributed by atoms with E-state index in [0.29, 0.717) is 0 Å². The highest BCUT2D eigenvalue weighted by Crippen LogP contribution is 2.27. The van der Waals surface area contributed by atoms with Crippen LogP contribution < -0.4 is 4.74 Å². The summed E-state index contributed by atoms with van der Waals surface area (Å²) in [5.74, 6) is 1.71. The second-order valence-corrected chi connectivity index (χ2v) is 5.83. The fourth-order valence-corrected chi connectivity index (χ4v) is 3.00. The molecule has 1 aliphatic carbocycles. The lowest BCUT2D eigenvalue weighted by Crippen LogP contribution is -2.13. The minimum atomic E-state index is -0.208. The van der Waals surface area contributed by atoms with Gasteiger partial charge in [0.2, 0.25) is 0 Å². The van der Waals surface area contributed by atoms with Gasteiger partial charge in [-0.15, -0.1) is 0 Å². The molecule has 0 saturated heterocycles. The van der Waals surface area contributed by atoms with Crippen LogP contribution in [0, 0.1) is 0 Å². The number of ether oxygens (including phenoxy) is 1. The monoisotopic (exact) mass is 294 g/mol. The highest BCUT2D eigenvalue weighted by Gasteiger charge is 2.24. The van der Waals surface area contributed by atoms with E-state index in [0.717, 1.165) is 47.4 Å². The van der Waals surface area contributed by atoms with Crippen LogP contribution in [0.25, 0.3) is 22.4 Å². The number of hydrogen-bond donors (Lipinski definition) is 2. The number of aromatic amines is 1. The molecule has 0 amide bonds. The molecule has 4 heteroatoms. The molecular formula is C18H18N2O2. The number of para-hydroxylation sites is 2. The van der Waals surface area contributed by atoms with E-state index in [1.165, 1.54) is 0 Å². The Labute approximate surface area is 128 Å². The molecule has 0 aliphatic heterocycles. The molecule has 2 N–H and O–H groups in total. The number of aliphatic hydroxyl groups excluding tert-OH is 1. The first-order chi connectivity index (χ1) is 10.8. The lowest BCUT2D eigenvalue weighted by atomic mass is 10.2. The standard InChI is InChI=1S/C18H18N2O2/c21-13-7-10-15(11-13)22-14-8-5-12(6-9-14)18-19-16-3-1-2-4-17(16)20-18/h1-6,8-9,13,15,21H,7,10-11H2,(H,19,20). The number of H-pyrrole nitrogens is 1. The molecule has 2 unspecified atom stereocenters. The quantitative estimate of drug-likeness (QED) is 0.777. The van der Waals surface area contributed by atoms with Crippen molar-refractivity contribution in [1.29, 1.82) is 0 Å². The summed E-state index contributed by atoms with van der Waals surface area (Å²) >= 11 is 0. The van der Waals surface area contributed by atoms with Crippen molar-refractivity contribution in [1.82, 2.24) is 9.97 Å². The summed E-state index contributed by atoms with van der Waals surface area (Å²) in [7, 11) is 0. The van der Waals surface area contributed by atoms with Gasteiger partial charge in [0.1, 0.15) is 17.7 Å². The Morgan fingerprint density at radius 3 is 2.59 bits per heavy atom. The van der Waals surface area contributed by atoms with E-state index in [4.69, 9.17) is 4.74 Å². The van der Waals surface area contributed by atoms with Gasteiger partial charge in [0, 0.05) is 12.0 Å². The Morgan fingerprint density at radius 2 is 1.86 bits per heavy atom. The fourth-order valence-electron chi connectivity index (χ4n) is 3.00. The highest BCUT2D eigenvalue weighted by molar-refractivity contribution is 5.79. The van der Waals surface area contributed by atoms with Crippen molar-refractivity contribution in [2.75, 3.05) is 0 Å². The van der Waals surface area contributed by atoms with Crippen LogP contribution in [-0.2, 0) is 0 Å². The van der Waals surface area contributed by atoms with Crippen LogP contribution in [0.15, 0.2) is 48.5 Å². The van der Waals surface area contributed by atoms with E-state index in [1.54, 1.807) is 0 Å². The normalized spacial score (nSPS) is 21.3. The first-order valence-electron chi connectivity index (χ1n) is 7.68. The van der Waals surface area contributed by atoms with Gasteiger partial charge in [0.25, 0.3) is 0 Å². The Balaban J connectivity index is 1.53. The Morgan fingerprint density at radius 1 is 1.05 bits per heavy atom. The average Bonchev–Trinajstić information content (AvgIpc) is 3.14. The zero-order chi connectivity index (χ0) is 14.9. The summed E-state index contributed by atoms with van der Waals surface area (Å²) in [6.45, 7) is 0. The van der Waals surface area contributed by atoms with Gasteiger partial charge in [0.05, 0.1) is 17.1 Å². The molecule has 1 saturated carbocycles. The van der Waals surface area contributed by atoms with Crippen LogP contribution in [0.3, 0.4) is 0 Å². The molecule has 3 aromatic rings. The number of benzene rings is 2. The summed E-state index contributed by atoms with van der Waals surface area (Å²) in [6, 6.07) is 16.0. The van der Waals surface area contributed by atoms with Gasteiger partial charge in [-0.2, -0.15) is 0 Å². The first-order valence-corrected chi connectivity index (χ1v) is 7.68. The Hall–Kier alpha value is -2.33. The molecule has 4 nitrogen and oxygen atoms in total. The first kappa shape index (κ1) is 13.3. The SMILES string of the molecule is OC1CCC(Oc2ccc(-c3nc4ccccc4[nH]3)cc2)C1. The zero-order valence-corrected chi connectivity index (χ0v) is 12.2. The minimum absolute atomic E-state index is 0.132. The molecule has 0 bridgehead atoms. The number of fused-ring (bicyclic) bond motifs is 1. The van der Waals surface area contributed by atoms with Crippen LogP contribution in [0.5, 0.6) is 5.75 Å². The fraction of sp³-hybridized carbons (Fsp3) is 0.278. The van der Waals surface area contributed by atoms with Crippen LogP contribution in [0.2, 0.25) is 0 Å². The number of rotatable bonds is 3. The van der Waals surface area contributed by atoms with Crippen LogP contribution in [0.4, 0.5) is 0 Å². The number of aromatic nitrogens is 2. The summed E-state index contributed by atoms with van der Waals surface area (Å²) in [6.07, 6.45) is 2.41. The van der Waals surface area contributed by atoms with Gasteiger partial charge >= 0.3 is 0 Å². The molecule has 0 spiro atoms. The van der Waals surface area contributed by atoms with Gasteiger partial charge in [-0.25, -0.2) is 4.98 Å². The number of imidazole rings is 1. The van der Waals surface area contributed by atoms with Crippen LogP contribution in [-0.4, -0.2) is 27.3 Å². The summed E-state index contributed by atoms with van der Waals surface area (Å²) < 4.78 is 5.90. The van der Waals surface area contributed by atoms with Crippen molar-refractivity contribution in [3.8, 4) is 17.1 Å². The molecule has 112 valence electrons. The topological polar surface area (TPSA) is 58.1 Å². The summed E-state index contributed by atoms with van der Waals surface area (Å²) in [5, 5.41) is 9.55. The molecule has 0 radical (unpaired) electrons. The van der Waals surface area contributed by atoms with Crippen molar-refractivity contribution < 1.29 is 9.84 Å². The highest BCUT2D eigenvalue weighted by atomic mass is 16.5.